The number of rotatable bonds is 3. The Kier molecular flexibility index (Phi) is 5.07. The van der Waals surface area contributed by atoms with Crippen LogP contribution in [0.1, 0.15) is 42.5 Å². The number of hydrogen-bond donors (Lipinski definition) is 0. The van der Waals surface area contributed by atoms with E-state index in [1.807, 2.05) is 18.3 Å². The zero-order chi connectivity index (χ0) is 19.1. The van der Waals surface area contributed by atoms with E-state index in [2.05, 4.69) is 9.80 Å². The van der Waals surface area contributed by atoms with Gasteiger partial charge in [0.1, 0.15) is 22.3 Å². The van der Waals surface area contributed by atoms with Crippen molar-refractivity contribution in [2.75, 3.05) is 44.3 Å². The molecule has 0 radical (unpaired) electrons. The summed E-state index contributed by atoms with van der Waals surface area (Å²) < 4.78 is 5.48. The molecule has 3 aliphatic rings. The summed E-state index contributed by atoms with van der Waals surface area (Å²) in [6.07, 6.45) is 5.46. The highest BCUT2D eigenvalue weighted by atomic mass is 32.1. The van der Waals surface area contributed by atoms with Crippen LogP contribution in [0.3, 0.4) is 0 Å². The van der Waals surface area contributed by atoms with Gasteiger partial charge < -0.3 is 9.64 Å². The molecule has 1 unspecified atom stereocenters. The third kappa shape index (κ3) is 3.44. The van der Waals surface area contributed by atoms with E-state index in [1.165, 1.54) is 35.1 Å². The predicted octanol–water partition coefficient (Wildman–Crippen LogP) is 2.82. The molecule has 2 aromatic heterocycles. The van der Waals surface area contributed by atoms with Crippen LogP contribution in [0.15, 0.2) is 0 Å². The lowest BCUT2D eigenvalue weighted by molar-refractivity contribution is -0.122. The lowest BCUT2D eigenvalue weighted by atomic mass is 9.95. The molecule has 28 heavy (non-hydrogen) atoms. The number of Topliss-reactive ketones (excluding diaryl/α,β-unsaturated/α-hetero) is 1. The number of anilines is 1. The van der Waals surface area contributed by atoms with Crippen molar-refractivity contribution < 1.29 is 9.53 Å². The van der Waals surface area contributed by atoms with Crippen LogP contribution in [0, 0.1) is 5.92 Å². The molecule has 0 N–H and O–H groups in total. The predicted molar refractivity (Wildman–Crippen MR) is 111 cm³/mol. The van der Waals surface area contributed by atoms with Gasteiger partial charge in [-0.05, 0) is 31.2 Å². The summed E-state index contributed by atoms with van der Waals surface area (Å²) in [7, 11) is 0. The van der Waals surface area contributed by atoms with Gasteiger partial charge in [-0.25, -0.2) is 9.97 Å². The van der Waals surface area contributed by atoms with Gasteiger partial charge in [0.15, 0.2) is 0 Å². The fourth-order valence-corrected chi connectivity index (χ4v) is 5.92. The minimum absolute atomic E-state index is 0.0796. The summed E-state index contributed by atoms with van der Waals surface area (Å²) in [5.74, 6) is 2.44. The van der Waals surface area contributed by atoms with Gasteiger partial charge in [-0.3, -0.25) is 9.69 Å². The van der Waals surface area contributed by atoms with E-state index in [-0.39, 0.29) is 5.92 Å². The minimum Gasteiger partial charge on any atom is -0.379 e. The van der Waals surface area contributed by atoms with E-state index < -0.39 is 0 Å². The standard InChI is InChI=1S/C21H28N4O2S/c1-14-12-25(7-6-16(14)26)20-19-15-4-2-3-5-17(15)28-21(19)23-18(22-20)13-24-8-10-27-11-9-24/h14H,2-13H2,1H3. The highest BCUT2D eigenvalue weighted by Gasteiger charge is 2.29. The van der Waals surface area contributed by atoms with E-state index in [1.54, 1.807) is 0 Å². The van der Waals surface area contributed by atoms with E-state index in [9.17, 15) is 4.79 Å². The lowest BCUT2D eigenvalue weighted by Gasteiger charge is -2.32. The van der Waals surface area contributed by atoms with Crippen LogP contribution >= 0.6 is 11.3 Å². The summed E-state index contributed by atoms with van der Waals surface area (Å²) in [5, 5.41) is 1.27. The fourth-order valence-electron chi connectivity index (χ4n) is 4.65. The molecule has 7 heteroatoms. The number of nitrogens with zero attached hydrogens (tertiary/aromatic N) is 4. The van der Waals surface area contributed by atoms with Crippen LogP contribution in [0.25, 0.3) is 10.2 Å². The van der Waals surface area contributed by atoms with E-state index in [4.69, 9.17) is 14.7 Å². The molecule has 0 aromatic carbocycles. The molecule has 1 aliphatic carbocycles. The van der Waals surface area contributed by atoms with Gasteiger partial charge in [-0.15, -0.1) is 11.3 Å². The normalized spacial score (nSPS) is 24.0. The summed E-state index contributed by atoms with van der Waals surface area (Å²) in [5.41, 5.74) is 1.48. The van der Waals surface area contributed by atoms with Crippen molar-refractivity contribution in [3.8, 4) is 0 Å². The van der Waals surface area contributed by atoms with Crippen molar-refractivity contribution in [3.05, 3.63) is 16.3 Å². The molecule has 0 saturated carbocycles. The highest BCUT2D eigenvalue weighted by Crippen LogP contribution is 2.40. The molecule has 2 aliphatic heterocycles. The van der Waals surface area contributed by atoms with Gasteiger partial charge in [-0.2, -0.15) is 0 Å². The Morgan fingerprint density at radius 1 is 1.11 bits per heavy atom. The Bertz CT molecular complexity index is 890. The number of fused-ring (bicyclic) bond motifs is 3. The Hall–Kier alpha value is -1.57. The molecular weight excluding hydrogens is 372 g/mol. The molecule has 2 saturated heterocycles. The van der Waals surface area contributed by atoms with Gasteiger partial charge in [0.25, 0.3) is 0 Å². The van der Waals surface area contributed by atoms with Gasteiger partial charge in [0, 0.05) is 43.4 Å². The Labute approximate surface area is 169 Å². The number of ketones is 1. The molecule has 2 aromatic rings. The number of carbonyl (C=O) groups is 1. The van der Waals surface area contributed by atoms with Crippen LogP contribution in [-0.2, 0) is 28.9 Å². The number of piperidine rings is 1. The van der Waals surface area contributed by atoms with Gasteiger partial charge in [0.2, 0.25) is 0 Å². The monoisotopic (exact) mass is 400 g/mol. The summed E-state index contributed by atoms with van der Waals surface area (Å²) in [6.45, 7) is 7.81. The van der Waals surface area contributed by atoms with Crippen molar-refractivity contribution in [2.45, 2.75) is 45.6 Å². The average molecular weight is 401 g/mol. The fraction of sp³-hybridized carbons (Fsp3) is 0.667. The second-order valence-electron chi connectivity index (χ2n) is 8.31. The summed E-state index contributed by atoms with van der Waals surface area (Å²) in [6, 6.07) is 0. The van der Waals surface area contributed by atoms with Crippen LogP contribution in [0.4, 0.5) is 5.82 Å². The number of aryl methyl sites for hydroxylation is 2. The van der Waals surface area contributed by atoms with E-state index in [0.717, 1.165) is 68.8 Å². The van der Waals surface area contributed by atoms with Crippen LogP contribution < -0.4 is 4.90 Å². The minimum atomic E-state index is 0.0796. The molecule has 0 amide bonds. The smallest absolute Gasteiger partial charge is 0.146 e. The maximum absolute atomic E-state index is 12.1. The first-order chi connectivity index (χ1) is 13.7. The van der Waals surface area contributed by atoms with Crippen molar-refractivity contribution in [3.63, 3.8) is 0 Å². The number of aromatic nitrogens is 2. The third-order valence-corrected chi connectivity index (χ3v) is 7.47. The van der Waals surface area contributed by atoms with Crippen molar-refractivity contribution in [2.24, 2.45) is 5.92 Å². The molecule has 2 fully saturated rings. The maximum Gasteiger partial charge on any atom is 0.146 e. The molecule has 6 nitrogen and oxygen atoms in total. The molecule has 4 heterocycles. The van der Waals surface area contributed by atoms with Crippen molar-refractivity contribution in [1.82, 2.24) is 14.9 Å². The maximum atomic E-state index is 12.1. The summed E-state index contributed by atoms with van der Waals surface area (Å²) in [4.78, 5) is 29.5. The Balaban J connectivity index is 1.56. The second kappa shape index (κ2) is 7.69. The topological polar surface area (TPSA) is 58.6 Å². The summed E-state index contributed by atoms with van der Waals surface area (Å²) >= 11 is 1.87. The third-order valence-electron chi connectivity index (χ3n) is 6.28. The number of morpholine rings is 1. The SMILES string of the molecule is CC1CN(c2nc(CN3CCOCC3)nc3sc4c(c23)CCCC4)CCC1=O. The average Bonchev–Trinajstić information content (AvgIpc) is 3.08. The van der Waals surface area contributed by atoms with Crippen LogP contribution in [0.5, 0.6) is 0 Å². The zero-order valence-electron chi connectivity index (χ0n) is 16.6. The second-order valence-corrected chi connectivity index (χ2v) is 9.39. The molecule has 0 spiro atoms. The van der Waals surface area contributed by atoms with Gasteiger partial charge in [0.05, 0.1) is 25.1 Å². The zero-order valence-corrected chi connectivity index (χ0v) is 17.4. The highest BCUT2D eigenvalue weighted by molar-refractivity contribution is 7.19. The van der Waals surface area contributed by atoms with Gasteiger partial charge >= 0.3 is 0 Å². The molecule has 1 atom stereocenters. The largest absolute Gasteiger partial charge is 0.379 e. The first-order valence-corrected chi connectivity index (χ1v) is 11.4. The number of carbonyl (C=O) groups excluding carboxylic acids is 1. The van der Waals surface area contributed by atoms with Crippen LogP contribution in [-0.4, -0.2) is 60.0 Å². The Morgan fingerprint density at radius 2 is 1.93 bits per heavy atom. The van der Waals surface area contributed by atoms with E-state index in [0.29, 0.717) is 12.2 Å². The number of hydrogen-bond acceptors (Lipinski definition) is 7. The lowest BCUT2D eigenvalue weighted by Crippen LogP contribution is -2.40. The molecule has 150 valence electrons. The number of thiophene rings is 1. The molecular formula is C21H28N4O2S. The first-order valence-electron chi connectivity index (χ1n) is 10.6. The first kappa shape index (κ1) is 18.5. The molecule has 5 rings (SSSR count). The molecule has 0 bridgehead atoms. The number of ether oxygens (including phenoxy) is 1. The Morgan fingerprint density at radius 3 is 2.75 bits per heavy atom. The van der Waals surface area contributed by atoms with Crippen LogP contribution in [0.2, 0.25) is 0 Å². The van der Waals surface area contributed by atoms with Crippen molar-refractivity contribution in [1.29, 1.82) is 0 Å². The van der Waals surface area contributed by atoms with E-state index >= 15 is 0 Å². The quantitative estimate of drug-likeness (QED) is 0.790. The van der Waals surface area contributed by atoms with Gasteiger partial charge in [-0.1, -0.05) is 6.92 Å². The van der Waals surface area contributed by atoms with Crippen molar-refractivity contribution >= 4 is 33.2 Å².